The van der Waals surface area contributed by atoms with Crippen LogP contribution in [0, 0.1) is 0 Å². The molecule has 0 aliphatic heterocycles. The number of rotatable bonds is 9. The van der Waals surface area contributed by atoms with Gasteiger partial charge in [0.25, 0.3) is 0 Å². The van der Waals surface area contributed by atoms with Gasteiger partial charge in [0.05, 0.1) is 13.7 Å². The maximum atomic E-state index is 12.5. The van der Waals surface area contributed by atoms with Crippen LogP contribution in [0.15, 0.2) is 23.2 Å². The van der Waals surface area contributed by atoms with Gasteiger partial charge in [-0.1, -0.05) is 19.4 Å². The molecule has 0 saturated heterocycles. The number of aliphatic imine (C=N–C) groups is 1. The van der Waals surface area contributed by atoms with Crippen LogP contribution in [0.2, 0.25) is 0 Å². The Morgan fingerprint density at radius 3 is 2.62 bits per heavy atom. The fourth-order valence-corrected chi connectivity index (χ4v) is 2.14. The van der Waals surface area contributed by atoms with Gasteiger partial charge in [0.1, 0.15) is 0 Å². The Bertz CT molecular complexity index is 525. The molecule has 0 bridgehead atoms. The largest absolute Gasteiger partial charge is 0.493 e. The minimum Gasteiger partial charge on any atom is -0.493 e. The number of unbranched alkanes of at least 4 members (excludes halogenated alkanes) is 1. The number of methoxy groups -OCH3 is 1. The Labute approximate surface area is 142 Å². The van der Waals surface area contributed by atoms with Crippen LogP contribution in [0.3, 0.4) is 0 Å². The minimum atomic E-state index is -2.89. The molecule has 0 atom stereocenters. The topological polar surface area (TPSA) is 46.1 Å². The maximum Gasteiger partial charge on any atom is 0.387 e. The van der Waals surface area contributed by atoms with E-state index in [1.807, 2.05) is 14.0 Å². The van der Waals surface area contributed by atoms with Crippen LogP contribution >= 0.6 is 0 Å². The van der Waals surface area contributed by atoms with Crippen molar-refractivity contribution in [3.8, 4) is 11.5 Å². The molecule has 7 heteroatoms. The highest BCUT2D eigenvalue weighted by atomic mass is 19.3. The van der Waals surface area contributed by atoms with Gasteiger partial charge in [-0.2, -0.15) is 8.78 Å². The highest BCUT2D eigenvalue weighted by molar-refractivity contribution is 5.79. The summed E-state index contributed by atoms with van der Waals surface area (Å²) in [6.07, 6.45) is 2.19. The number of hydrogen-bond acceptors (Lipinski definition) is 3. The third-order valence-corrected chi connectivity index (χ3v) is 3.40. The maximum absolute atomic E-state index is 12.5. The molecule has 0 aliphatic rings. The molecule has 0 aromatic heterocycles. The summed E-state index contributed by atoms with van der Waals surface area (Å²) < 4.78 is 34.5. The van der Waals surface area contributed by atoms with Gasteiger partial charge in [0.2, 0.25) is 0 Å². The van der Waals surface area contributed by atoms with E-state index in [0.29, 0.717) is 6.54 Å². The standard InChI is InChI=1S/C17H27F2N3O2/c1-5-7-10-22(3)17(20-6-2)21-12-13-8-9-14(23-4)15(11-13)24-16(18)19/h8-9,11,16H,5-7,10,12H2,1-4H3,(H,20,21). The predicted octanol–water partition coefficient (Wildman–Crippen LogP) is 3.49. The molecular weight excluding hydrogens is 316 g/mol. The summed E-state index contributed by atoms with van der Waals surface area (Å²) in [6, 6.07) is 4.93. The monoisotopic (exact) mass is 343 g/mol. The fraction of sp³-hybridized carbons (Fsp3) is 0.588. The summed E-state index contributed by atoms with van der Waals surface area (Å²) in [7, 11) is 3.40. The normalized spacial score (nSPS) is 11.5. The zero-order chi connectivity index (χ0) is 17.9. The first-order chi connectivity index (χ1) is 11.5. The number of guanidine groups is 1. The van der Waals surface area contributed by atoms with Gasteiger partial charge >= 0.3 is 6.61 Å². The zero-order valence-corrected chi connectivity index (χ0v) is 14.8. The molecule has 0 fully saturated rings. The van der Waals surface area contributed by atoms with Crippen LogP contribution in [-0.4, -0.2) is 44.7 Å². The van der Waals surface area contributed by atoms with E-state index in [9.17, 15) is 8.78 Å². The van der Waals surface area contributed by atoms with Gasteiger partial charge in [-0.25, -0.2) is 4.99 Å². The second-order valence-electron chi connectivity index (χ2n) is 5.31. The van der Waals surface area contributed by atoms with Crippen molar-refractivity contribution in [2.45, 2.75) is 39.8 Å². The van der Waals surface area contributed by atoms with Crippen molar-refractivity contribution < 1.29 is 18.3 Å². The molecular formula is C17H27F2N3O2. The molecule has 5 nitrogen and oxygen atoms in total. The van der Waals surface area contributed by atoms with Gasteiger partial charge in [-0.3, -0.25) is 0 Å². The number of halogens is 2. The van der Waals surface area contributed by atoms with Crippen molar-refractivity contribution in [2.75, 3.05) is 27.2 Å². The Morgan fingerprint density at radius 1 is 1.29 bits per heavy atom. The molecule has 1 rings (SSSR count). The molecule has 0 saturated carbocycles. The summed E-state index contributed by atoms with van der Waals surface area (Å²) >= 11 is 0. The molecule has 1 aromatic carbocycles. The van der Waals surface area contributed by atoms with Crippen molar-refractivity contribution in [3.63, 3.8) is 0 Å². The molecule has 24 heavy (non-hydrogen) atoms. The van der Waals surface area contributed by atoms with Crippen molar-refractivity contribution in [3.05, 3.63) is 23.8 Å². The quantitative estimate of drug-likeness (QED) is 0.551. The molecule has 1 N–H and O–H groups in total. The van der Waals surface area contributed by atoms with Crippen LogP contribution < -0.4 is 14.8 Å². The summed E-state index contributed by atoms with van der Waals surface area (Å²) in [5.41, 5.74) is 0.769. The number of alkyl halides is 2. The third kappa shape index (κ3) is 6.60. The number of nitrogens with one attached hydrogen (secondary N) is 1. The SMILES string of the molecule is CCCCN(C)C(=NCc1ccc(OC)c(OC(F)F)c1)NCC. The van der Waals surface area contributed by atoms with E-state index in [0.717, 1.165) is 37.5 Å². The van der Waals surface area contributed by atoms with E-state index in [4.69, 9.17) is 4.74 Å². The van der Waals surface area contributed by atoms with Crippen LogP contribution in [0.1, 0.15) is 32.3 Å². The van der Waals surface area contributed by atoms with Gasteiger partial charge < -0.3 is 19.7 Å². The predicted molar refractivity (Wildman–Crippen MR) is 92.0 cm³/mol. The van der Waals surface area contributed by atoms with Crippen molar-refractivity contribution in [1.82, 2.24) is 10.2 Å². The Hall–Kier alpha value is -2.05. The van der Waals surface area contributed by atoms with Crippen LogP contribution in [0.5, 0.6) is 11.5 Å². The lowest BCUT2D eigenvalue weighted by Gasteiger charge is -2.21. The van der Waals surface area contributed by atoms with E-state index >= 15 is 0 Å². The second-order valence-corrected chi connectivity index (χ2v) is 5.31. The Balaban J connectivity index is 2.88. The lowest BCUT2D eigenvalue weighted by Crippen LogP contribution is -2.39. The Kier molecular flexibility index (Phi) is 8.89. The molecule has 0 aliphatic carbocycles. The lowest BCUT2D eigenvalue weighted by molar-refractivity contribution is -0.0512. The summed E-state index contributed by atoms with van der Waals surface area (Å²) in [4.78, 5) is 6.62. The van der Waals surface area contributed by atoms with Gasteiger partial charge in [-0.15, -0.1) is 0 Å². The number of nitrogens with zero attached hydrogens (tertiary/aromatic N) is 2. The highest BCUT2D eigenvalue weighted by Crippen LogP contribution is 2.29. The molecule has 0 heterocycles. The summed E-state index contributed by atoms with van der Waals surface area (Å²) in [6.45, 7) is 3.28. The van der Waals surface area contributed by atoms with Gasteiger partial charge in [0.15, 0.2) is 17.5 Å². The fourth-order valence-electron chi connectivity index (χ4n) is 2.14. The van der Waals surface area contributed by atoms with Crippen LogP contribution in [-0.2, 0) is 6.54 Å². The van der Waals surface area contributed by atoms with E-state index in [1.54, 1.807) is 12.1 Å². The lowest BCUT2D eigenvalue weighted by atomic mass is 10.2. The van der Waals surface area contributed by atoms with Gasteiger partial charge in [-0.05, 0) is 31.0 Å². The summed E-state index contributed by atoms with van der Waals surface area (Å²) in [5.74, 6) is 1.08. The van der Waals surface area contributed by atoms with E-state index in [-0.39, 0.29) is 11.5 Å². The smallest absolute Gasteiger partial charge is 0.387 e. The number of benzene rings is 1. The first-order valence-electron chi connectivity index (χ1n) is 8.12. The average Bonchev–Trinajstić information content (AvgIpc) is 2.56. The van der Waals surface area contributed by atoms with Crippen molar-refractivity contribution >= 4 is 5.96 Å². The average molecular weight is 343 g/mol. The van der Waals surface area contributed by atoms with Gasteiger partial charge in [0, 0.05) is 20.1 Å². The molecule has 0 unspecified atom stereocenters. The number of ether oxygens (including phenoxy) is 2. The van der Waals surface area contributed by atoms with E-state index in [2.05, 4.69) is 26.9 Å². The van der Waals surface area contributed by atoms with Crippen LogP contribution in [0.25, 0.3) is 0 Å². The highest BCUT2D eigenvalue weighted by Gasteiger charge is 2.11. The van der Waals surface area contributed by atoms with E-state index in [1.165, 1.54) is 13.2 Å². The molecule has 0 radical (unpaired) electrons. The molecule has 0 spiro atoms. The third-order valence-electron chi connectivity index (χ3n) is 3.40. The number of hydrogen-bond donors (Lipinski definition) is 1. The zero-order valence-electron chi connectivity index (χ0n) is 14.8. The second kappa shape index (κ2) is 10.7. The molecule has 0 amide bonds. The van der Waals surface area contributed by atoms with E-state index < -0.39 is 6.61 Å². The van der Waals surface area contributed by atoms with Crippen LogP contribution in [0.4, 0.5) is 8.78 Å². The first-order valence-corrected chi connectivity index (χ1v) is 8.12. The Morgan fingerprint density at radius 2 is 2.04 bits per heavy atom. The molecule has 1 aromatic rings. The first kappa shape index (κ1) is 20.0. The minimum absolute atomic E-state index is 0.0181. The van der Waals surface area contributed by atoms with Crippen molar-refractivity contribution in [1.29, 1.82) is 0 Å². The molecule has 136 valence electrons. The van der Waals surface area contributed by atoms with Crippen molar-refractivity contribution in [2.24, 2.45) is 4.99 Å². The summed E-state index contributed by atoms with van der Waals surface area (Å²) in [5, 5.41) is 3.23.